The Bertz CT molecular complexity index is 1140. The number of halogens is 1. The van der Waals surface area contributed by atoms with Gasteiger partial charge in [0, 0.05) is 37.8 Å². The van der Waals surface area contributed by atoms with Gasteiger partial charge in [0.15, 0.2) is 6.17 Å². The molecule has 3 aliphatic rings. The molecule has 0 spiro atoms. The molecule has 0 aromatic heterocycles. The molecule has 2 amide bonds. The molecule has 1 N–H and O–H groups in total. The SMILES string of the molecule is O=C(c1ccc(C2N=c3ccc(F)cc3=N2)cc1)N1CCN(C(=O)C2(O)CC2)CC1. The predicted octanol–water partition coefficient (Wildman–Crippen LogP) is 0.587. The largest absolute Gasteiger partial charge is 0.380 e. The monoisotopic (exact) mass is 408 g/mol. The Balaban J connectivity index is 1.24. The van der Waals surface area contributed by atoms with Gasteiger partial charge in [0.2, 0.25) is 0 Å². The number of benzene rings is 2. The second kappa shape index (κ2) is 6.98. The summed E-state index contributed by atoms with van der Waals surface area (Å²) < 4.78 is 13.4. The Hall–Kier alpha value is -3.13. The number of hydrogen-bond acceptors (Lipinski definition) is 5. The van der Waals surface area contributed by atoms with Crippen LogP contribution in [-0.2, 0) is 4.79 Å². The molecule has 0 radical (unpaired) electrons. The Morgan fingerprint density at radius 3 is 2.23 bits per heavy atom. The van der Waals surface area contributed by atoms with Gasteiger partial charge >= 0.3 is 0 Å². The summed E-state index contributed by atoms with van der Waals surface area (Å²) in [5.74, 6) is -0.657. The molecule has 154 valence electrons. The molecule has 2 aromatic rings. The van der Waals surface area contributed by atoms with Crippen molar-refractivity contribution in [3.63, 3.8) is 0 Å². The molecule has 1 unspecified atom stereocenters. The Kier molecular flexibility index (Phi) is 4.39. The Morgan fingerprint density at radius 2 is 1.57 bits per heavy atom. The molecule has 2 aliphatic heterocycles. The van der Waals surface area contributed by atoms with E-state index in [-0.39, 0.29) is 17.6 Å². The van der Waals surface area contributed by atoms with E-state index in [9.17, 15) is 19.1 Å². The first-order valence-corrected chi connectivity index (χ1v) is 10.1. The number of piperazine rings is 1. The van der Waals surface area contributed by atoms with Crippen molar-refractivity contribution in [3.8, 4) is 0 Å². The van der Waals surface area contributed by atoms with Crippen LogP contribution in [0, 0.1) is 5.82 Å². The normalized spacial score (nSPS) is 21.5. The van der Waals surface area contributed by atoms with Gasteiger partial charge in [0.25, 0.3) is 11.8 Å². The van der Waals surface area contributed by atoms with Gasteiger partial charge in [0.1, 0.15) is 11.4 Å². The summed E-state index contributed by atoms with van der Waals surface area (Å²) in [5.41, 5.74) is 0.223. The van der Waals surface area contributed by atoms with E-state index in [0.717, 1.165) is 5.56 Å². The number of hydrogen-bond donors (Lipinski definition) is 1. The first kappa shape index (κ1) is 18.9. The zero-order chi connectivity index (χ0) is 20.9. The van der Waals surface area contributed by atoms with Crippen molar-refractivity contribution < 1.29 is 19.1 Å². The third kappa shape index (κ3) is 3.37. The summed E-state index contributed by atoms with van der Waals surface area (Å²) in [6.07, 6.45) is 0.613. The fraction of sp³-hybridized carbons (Fsp3) is 0.364. The van der Waals surface area contributed by atoms with E-state index in [1.807, 2.05) is 12.1 Å². The average molecular weight is 408 g/mol. The van der Waals surface area contributed by atoms with E-state index in [1.165, 1.54) is 12.1 Å². The maximum absolute atomic E-state index is 13.4. The van der Waals surface area contributed by atoms with Crippen molar-refractivity contribution in [2.75, 3.05) is 26.2 Å². The number of rotatable bonds is 3. The Labute approximate surface area is 172 Å². The first-order valence-electron chi connectivity index (χ1n) is 10.1. The van der Waals surface area contributed by atoms with Crippen LogP contribution >= 0.6 is 0 Å². The number of amides is 2. The van der Waals surface area contributed by atoms with Gasteiger partial charge in [-0.1, -0.05) is 12.1 Å². The molecule has 2 fully saturated rings. The van der Waals surface area contributed by atoms with Crippen LogP contribution < -0.4 is 10.7 Å². The van der Waals surface area contributed by atoms with E-state index in [4.69, 9.17) is 0 Å². The number of fused-ring (bicyclic) bond motifs is 1. The highest BCUT2D eigenvalue weighted by Gasteiger charge is 2.50. The minimum Gasteiger partial charge on any atom is -0.380 e. The van der Waals surface area contributed by atoms with E-state index in [0.29, 0.717) is 55.3 Å². The lowest BCUT2D eigenvalue weighted by molar-refractivity contribution is -0.143. The predicted molar refractivity (Wildman–Crippen MR) is 105 cm³/mol. The molecule has 2 heterocycles. The van der Waals surface area contributed by atoms with Gasteiger partial charge in [-0.2, -0.15) is 0 Å². The van der Waals surface area contributed by atoms with Crippen molar-refractivity contribution in [1.29, 1.82) is 0 Å². The molecule has 1 saturated carbocycles. The lowest BCUT2D eigenvalue weighted by Gasteiger charge is -2.35. The van der Waals surface area contributed by atoms with Crippen LogP contribution in [0.1, 0.15) is 34.9 Å². The van der Waals surface area contributed by atoms with Gasteiger partial charge in [-0.3, -0.25) is 19.6 Å². The van der Waals surface area contributed by atoms with Crippen LogP contribution in [0.2, 0.25) is 0 Å². The molecular weight excluding hydrogens is 387 g/mol. The van der Waals surface area contributed by atoms with Gasteiger partial charge in [0.05, 0.1) is 10.7 Å². The fourth-order valence-electron chi connectivity index (χ4n) is 3.87. The number of aliphatic hydroxyl groups is 1. The quantitative estimate of drug-likeness (QED) is 0.807. The van der Waals surface area contributed by atoms with Crippen molar-refractivity contribution in [3.05, 3.63) is 70.1 Å². The molecule has 1 atom stereocenters. The van der Waals surface area contributed by atoms with Crippen molar-refractivity contribution in [2.45, 2.75) is 24.6 Å². The summed E-state index contributed by atoms with van der Waals surface area (Å²) in [6, 6.07) is 11.5. The van der Waals surface area contributed by atoms with Gasteiger partial charge in [-0.25, -0.2) is 4.39 Å². The third-order valence-corrected chi connectivity index (χ3v) is 5.89. The summed E-state index contributed by atoms with van der Waals surface area (Å²) in [5, 5.41) is 11.2. The molecule has 2 aromatic carbocycles. The lowest BCUT2D eigenvalue weighted by atomic mass is 10.1. The summed E-state index contributed by atoms with van der Waals surface area (Å²) in [6.45, 7) is 1.74. The molecule has 30 heavy (non-hydrogen) atoms. The van der Waals surface area contributed by atoms with E-state index in [2.05, 4.69) is 9.98 Å². The van der Waals surface area contributed by atoms with Crippen molar-refractivity contribution >= 4 is 11.8 Å². The van der Waals surface area contributed by atoms with Crippen molar-refractivity contribution in [1.82, 2.24) is 9.80 Å². The van der Waals surface area contributed by atoms with E-state index >= 15 is 0 Å². The molecule has 8 heteroatoms. The minimum atomic E-state index is -1.16. The second-order valence-electron chi connectivity index (χ2n) is 8.00. The molecular formula is C22H21FN4O3. The zero-order valence-electron chi connectivity index (χ0n) is 16.3. The van der Waals surface area contributed by atoms with Crippen LogP contribution in [-0.4, -0.2) is 58.5 Å². The van der Waals surface area contributed by atoms with Crippen LogP contribution in [0.15, 0.2) is 52.4 Å². The van der Waals surface area contributed by atoms with Crippen LogP contribution in [0.25, 0.3) is 0 Å². The summed E-state index contributed by atoms with van der Waals surface area (Å²) >= 11 is 0. The highest BCUT2D eigenvalue weighted by Crippen LogP contribution is 2.37. The van der Waals surface area contributed by atoms with Crippen LogP contribution in [0.3, 0.4) is 0 Å². The zero-order valence-corrected chi connectivity index (χ0v) is 16.3. The highest BCUT2D eigenvalue weighted by molar-refractivity contribution is 5.94. The van der Waals surface area contributed by atoms with Crippen molar-refractivity contribution in [2.24, 2.45) is 9.98 Å². The summed E-state index contributed by atoms with van der Waals surface area (Å²) in [4.78, 5) is 37.3. The molecule has 1 saturated heterocycles. The van der Waals surface area contributed by atoms with E-state index < -0.39 is 11.8 Å². The fourth-order valence-corrected chi connectivity index (χ4v) is 3.87. The number of nitrogens with zero attached hydrogens (tertiary/aromatic N) is 4. The lowest BCUT2D eigenvalue weighted by Crippen LogP contribution is -2.53. The molecule has 1 aliphatic carbocycles. The average Bonchev–Trinajstić information content (AvgIpc) is 3.38. The molecule has 0 bridgehead atoms. The smallest absolute Gasteiger partial charge is 0.254 e. The first-order chi connectivity index (χ1) is 14.4. The van der Waals surface area contributed by atoms with Crippen LogP contribution in [0.5, 0.6) is 0 Å². The number of carbonyl (C=O) groups is 2. The maximum Gasteiger partial charge on any atom is 0.254 e. The standard InChI is InChI=1S/C22H21FN4O3/c23-16-5-6-17-18(13-16)25-19(24-17)14-1-3-15(4-2-14)20(28)26-9-11-27(12-10-26)21(29)22(30)7-8-22/h1-6,13,19,30H,7-12H2. The van der Waals surface area contributed by atoms with Gasteiger partial charge < -0.3 is 14.9 Å². The molecule has 7 nitrogen and oxygen atoms in total. The van der Waals surface area contributed by atoms with Gasteiger partial charge in [-0.15, -0.1) is 0 Å². The highest BCUT2D eigenvalue weighted by atomic mass is 19.1. The minimum absolute atomic E-state index is 0.0931. The van der Waals surface area contributed by atoms with E-state index in [1.54, 1.807) is 28.0 Å². The maximum atomic E-state index is 13.4. The Morgan fingerprint density at radius 1 is 0.933 bits per heavy atom. The third-order valence-electron chi connectivity index (χ3n) is 5.89. The topological polar surface area (TPSA) is 85.6 Å². The second-order valence-corrected chi connectivity index (χ2v) is 8.00. The molecule has 5 rings (SSSR count). The van der Waals surface area contributed by atoms with Gasteiger partial charge in [-0.05, 0) is 42.7 Å². The van der Waals surface area contributed by atoms with Crippen LogP contribution in [0.4, 0.5) is 4.39 Å². The number of carbonyl (C=O) groups excluding carboxylic acids is 2. The summed E-state index contributed by atoms with van der Waals surface area (Å²) in [7, 11) is 0.